The van der Waals surface area contributed by atoms with Crippen LogP contribution in [0, 0.1) is 0 Å². The summed E-state index contributed by atoms with van der Waals surface area (Å²) >= 11 is 5.72. The lowest BCUT2D eigenvalue weighted by Gasteiger charge is -2.08. The van der Waals surface area contributed by atoms with Crippen LogP contribution in [0.5, 0.6) is 5.88 Å². The number of halogens is 2. The second-order valence-corrected chi connectivity index (χ2v) is 3.30. The molecule has 1 aliphatic heterocycles. The van der Waals surface area contributed by atoms with Gasteiger partial charge in [0.05, 0.1) is 18.4 Å². The molecule has 14 heavy (non-hydrogen) atoms. The van der Waals surface area contributed by atoms with Crippen LogP contribution in [0.1, 0.15) is 24.2 Å². The molecule has 1 aromatic rings. The number of hydrogen-bond acceptors (Lipinski definition) is 4. The third-order valence-corrected chi connectivity index (χ3v) is 2.33. The van der Waals surface area contributed by atoms with Crippen LogP contribution in [0.3, 0.4) is 0 Å². The van der Waals surface area contributed by atoms with Crippen molar-refractivity contribution >= 4 is 24.0 Å². The monoisotopic (exact) mass is 235 g/mol. The highest BCUT2D eigenvalue weighted by atomic mass is 35.5. The van der Waals surface area contributed by atoms with E-state index in [9.17, 15) is 0 Å². The molecule has 1 N–H and O–H groups in total. The number of aromatic nitrogens is 2. The van der Waals surface area contributed by atoms with E-state index in [1.807, 2.05) is 6.92 Å². The van der Waals surface area contributed by atoms with Crippen molar-refractivity contribution in [3.05, 3.63) is 16.5 Å². The maximum Gasteiger partial charge on any atom is 0.225 e. The molecule has 0 saturated carbocycles. The number of nitrogens with zero attached hydrogens (tertiary/aromatic N) is 2. The van der Waals surface area contributed by atoms with E-state index < -0.39 is 0 Å². The smallest absolute Gasteiger partial charge is 0.225 e. The minimum Gasteiger partial charge on any atom is -0.481 e. The quantitative estimate of drug-likeness (QED) is 0.754. The first-order valence-corrected chi connectivity index (χ1v) is 4.44. The first-order valence-electron chi connectivity index (χ1n) is 4.06. The molecule has 6 heteroatoms. The van der Waals surface area contributed by atoms with E-state index in [0.29, 0.717) is 5.88 Å². The third kappa shape index (κ3) is 1.78. The Morgan fingerprint density at radius 3 is 2.86 bits per heavy atom. The van der Waals surface area contributed by atoms with Crippen molar-refractivity contribution in [2.75, 3.05) is 7.11 Å². The summed E-state index contributed by atoms with van der Waals surface area (Å²) in [6, 6.07) is 0.238. The minimum absolute atomic E-state index is 0. The molecule has 0 radical (unpaired) electrons. The average Bonchev–Trinajstić information content (AvgIpc) is 2.46. The molecule has 0 aliphatic carbocycles. The van der Waals surface area contributed by atoms with Crippen molar-refractivity contribution < 1.29 is 4.74 Å². The summed E-state index contributed by atoms with van der Waals surface area (Å²) in [5, 5.41) is 3.49. The molecule has 0 saturated heterocycles. The number of methoxy groups -OCH3 is 1. The lowest BCUT2D eigenvalue weighted by atomic mass is 10.1. The predicted molar refractivity (Wildman–Crippen MR) is 56.1 cm³/mol. The Bertz CT molecular complexity index is 346. The summed E-state index contributed by atoms with van der Waals surface area (Å²) in [5.74, 6) is 0.576. The highest BCUT2D eigenvalue weighted by molar-refractivity contribution is 6.28. The molecule has 1 unspecified atom stereocenters. The van der Waals surface area contributed by atoms with Crippen molar-refractivity contribution in [3.8, 4) is 5.88 Å². The molecule has 1 aliphatic rings. The van der Waals surface area contributed by atoms with Crippen molar-refractivity contribution in [3.63, 3.8) is 0 Å². The van der Waals surface area contributed by atoms with Gasteiger partial charge in [-0.25, -0.2) is 4.98 Å². The van der Waals surface area contributed by atoms with E-state index in [1.165, 1.54) is 0 Å². The molecular formula is C8H11Cl2N3O. The number of rotatable bonds is 1. The zero-order valence-corrected chi connectivity index (χ0v) is 9.45. The molecule has 1 atom stereocenters. The lowest BCUT2D eigenvalue weighted by Crippen LogP contribution is -2.08. The van der Waals surface area contributed by atoms with Crippen LogP contribution in [0.25, 0.3) is 0 Å². The van der Waals surface area contributed by atoms with E-state index in [2.05, 4.69) is 15.3 Å². The maximum atomic E-state index is 5.72. The van der Waals surface area contributed by atoms with Crippen molar-refractivity contribution in [1.82, 2.24) is 15.3 Å². The molecule has 0 aromatic carbocycles. The van der Waals surface area contributed by atoms with Gasteiger partial charge in [0.2, 0.25) is 11.2 Å². The van der Waals surface area contributed by atoms with Gasteiger partial charge in [-0.15, -0.1) is 12.4 Å². The van der Waals surface area contributed by atoms with E-state index in [0.717, 1.165) is 17.8 Å². The Hall–Kier alpha value is -0.580. The van der Waals surface area contributed by atoms with E-state index >= 15 is 0 Å². The Kier molecular flexibility index (Phi) is 3.53. The van der Waals surface area contributed by atoms with Crippen LogP contribution in [0.15, 0.2) is 0 Å². The molecule has 2 heterocycles. The molecule has 0 amide bonds. The Morgan fingerprint density at radius 1 is 1.50 bits per heavy atom. The van der Waals surface area contributed by atoms with Gasteiger partial charge < -0.3 is 10.1 Å². The number of hydrogen-bond donors (Lipinski definition) is 1. The van der Waals surface area contributed by atoms with Crippen LogP contribution < -0.4 is 10.1 Å². The molecule has 2 rings (SSSR count). The Morgan fingerprint density at radius 2 is 2.21 bits per heavy atom. The number of fused-ring (bicyclic) bond motifs is 1. The highest BCUT2D eigenvalue weighted by Gasteiger charge is 2.25. The topological polar surface area (TPSA) is 47.0 Å². The van der Waals surface area contributed by atoms with Crippen molar-refractivity contribution in [2.24, 2.45) is 0 Å². The second-order valence-electron chi connectivity index (χ2n) is 2.96. The van der Waals surface area contributed by atoms with Gasteiger partial charge in [0.15, 0.2) is 0 Å². The van der Waals surface area contributed by atoms with Gasteiger partial charge in [0, 0.05) is 12.6 Å². The van der Waals surface area contributed by atoms with Gasteiger partial charge in [-0.3, -0.25) is 0 Å². The standard InChI is InChI=1S/C8H10ClN3O.ClH/c1-4-6-5(3-10-4)11-8(9)12-7(6)13-2;/h4,10H,3H2,1-2H3;1H. The minimum atomic E-state index is 0. The van der Waals surface area contributed by atoms with Gasteiger partial charge in [0.25, 0.3) is 0 Å². The highest BCUT2D eigenvalue weighted by Crippen LogP contribution is 2.31. The van der Waals surface area contributed by atoms with Gasteiger partial charge in [-0.2, -0.15) is 4.98 Å². The Labute approximate surface area is 93.4 Å². The average molecular weight is 236 g/mol. The van der Waals surface area contributed by atoms with Crippen molar-refractivity contribution in [1.29, 1.82) is 0 Å². The molecule has 1 aromatic heterocycles. The molecule has 4 nitrogen and oxygen atoms in total. The van der Waals surface area contributed by atoms with Crippen molar-refractivity contribution in [2.45, 2.75) is 19.5 Å². The molecule has 0 fully saturated rings. The summed E-state index contributed by atoms with van der Waals surface area (Å²) in [4.78, 5) is 8.13. The second kappa shape index (κ2) is 4.29. The van der Waals surface area contributed by atoms with Crippen LogP contribution in [-0.2, 0) is 6.54 Å². The summed E-state index contributed by atoms with van der Waals surface area (Å²) in [6.45, 7) is 2.78. The van der Waals surface area contributed by atoms with Crippen LogP contribution in [-0.4, -0.2) is 17.1 Å². The summed E-state index contributed by atoms with van der Waals surface area (Å²) < 4.78 is 5.13. The number of nitrogens with one attached hydrogen (secondary N) is 1. The zero-order chi connectivity index (χ0) is 9.42. The first kappa shape index (κ1) is 11.5. The Balaban J connectivity index is 0.000000980. The number of ether oxygens (including phenoxy) is 1. The van der Waals surface area contributed by atoms with Crippen LogP contribution >= 0.6 is 24.0 Å². The third-order valence-electron chi connectivity index (χ3n) is 2.16. The van der Waals surface area contributed by atoms with E-state index in [1.54, 1.807) is 7.11 Å². The summed E-state index contributed by atoms with van der Waals surface area (Å²) in [6.07, 6.45) is 0. The lowest BCUT2D eigenvalue weighted by molar-refractivity contribution is 0.388. The van der Waals surface area contributed by atoms with E-state index in [-0.39, 0.29) is 23.7 Å². The summed E-state index contributed by atoms with van der Waals surface area (Å²) in [5.41, 5.74) is 1.95. The van der Waals surface area contributed by atoms with Gasteiger partial charge in [-0.1, -0.05) is 0 Å². The largest absolute Gasteiger partial charge is 0.481 e. The fraction of sp³-hybridized carbons (Fsp3) is 0.500. The molecular weight excluding hydrogens is 225 g/mol. The van der Waals surface area contributed by atoms with E-state index in [4.69, 9.17) is 16.3 Å². The van der Waals surface area contributed by atoms with Gasteiger partial charge >= 0.3 is 0 Å². The van der Waals surface area contributed by atoms with Crippen LogP contribution in [0.2, 0.25) is 5.28 Å². The fourth-order valence-corrected chi connectivity index (χ4v) is 1.72. The predicted octanol–water partition coefficient (Wildman–Crippen LogP) is 1.72. The normalized spacial score (nSPS) is 18.6. The molecule has 78 valence electrons. The first-order chi connectivity index (χ1) is 6.22. The zero-order valence-electron chi connectivity index (χ0n) is 7.87. The summed E-state index contributed by atoms with van der Waals surface area (Å²) in [7, 11) is 1.59. The maximum absolute atomic E-state index is 5.72. The van der Waals surface area contributed by atoms with Crippen LogP contribution in [0.4, 0.5) is 0 Å². The molecule has 0 bridgehead atoms. The van der Waals surface area contributed by atoms with Gasteiger partial charge in [-0.05, 0) is 18.5 Å². The van der Waals surface area contributed by atoms with Gasteiger partial charge in [0.1, 0.15) is 0 Å². The SMILES string of the molecule is COc1nc(Cl)nc2c1C(C)NC2.Cl. The fourth-order valence-electron chi connectivity index (χ4n) is 1.54. The molecule has 0 spiro atoms.